The summed E-state index contributed by atoms with van der Waals surface area (Å²) < 4.78 is 15.9. The molecule has 0 bridgehead atoms. The van der Waals surface area contributed by atoms with Gasteiger partial charge in [0.25, 0.3) is 0 Å². The maximum atomic E-state index is 11.4. The second kappa shape index (κ2) is 3.87. The van der Waals surface area contributed by atoms with Crippen molar-refractivity contribution in [2.75, 3.05) is 20.3 Å². The quantitative estimate of drug-likeness (QED) is 0.594. The van der Waals surface area contributed by atoms with E-state index < -0.39 is 5.79 Å². The molecule has 1 spiro atoms. The molecular formula is C10H16O4. The zero-order valence-corrected chi connectivity index (χ0v) is 8.45. The van der Waals surface area contributed by atoms with E-state index in [2.05, 4.69) is 0 Å². The first kappa shape index (κ1) is 9.93. The number of methoxy groups -OCH3 is 1. The monoisotopic (exact) mass is 200 g/mol. The predicted molar refractivity (Wildman–Crippen MR) is 48.6 cm³/mol. The smallest absolute Gasteiger partial charge is 0.308 e. The normalized spacial score (nSPS) is 30.5. The molecule has 1 saturated heterocycles. The third kappa shape index (κ3) is 1.77. The van der Waals surface area contributed by atoms with E-state index in [9.17, 15) is 4.79 Å². The van der Waals surface area contributed by atoms with Crippen LogP contribution in [0.3, 0.4) is 0 Å². The molecule has 0 aromatic rings. The van der Waals surface area contributed by atoms with Gasteiger partial charge in [0.15, 0.2) is 5.79 Å². The molecular weight excluding hydrogens is 184 g/mol. The van der Waals surface area contributed by atoms with Crippen molar-refractivity contribution < 1.29 is 19.0 Å². The van der Waals surface area contributed by atoms with Crippen LogP contribution in [0.1, 0.15) is 25.7 Å². The zero-order valence-electron chi connectivity index (χ0n) is 8.45. The van der Waals surface area contributed by atoms with E-state index in [-0.39, 0.29) is 11.9 Å². The summed E-state index contributed by atoms with van der Waals surface area (Å²) in [4.78, 5) is 11.4. The minimum Gasteiger partial charge on any atom is -0.469 e. The van der Waals surface area contributed by atoms with Gasteiger partial charge in [-0.25, -0.2) is 0 Å². The van der Waals surface area contributed by atoms with Crippen LogP contribution in [0.25, 0.3) is 0 Å². The molecule has 0 amide bonds. The maximum Gasteiger partial charge on any atom is 0.308 e. The van der Waals surface area contributed by atoms with Gasteiger partial charge in [0.2, 0.25) is 0 Å². The van der Waals surface area contributed by atoms with E-state index in [1.807, 2.05) is 0 Å². The summed E-state index contributed by atoms with van der Waals surface area (Å²) in [6, 6.07) is 0. The van der Waals surface area contributed by atoms with Crippen LogP contribution in [0.2, 0.25) is 0 Å². The first-order chi connectivity index (χ1) is 6.76. The Kier molecular flexibility index (Phi) is 2.74. The van der Waals surface area contributed by atoms with E-state index in [0.29, 0.717) is 19.6 Å². The molecule has 0 aromatic heterocycles. The lowest BCUT2D eigenvalue weighted by molar-refractivity contribution is -0.194. The van der Waals surface area contributed by atoms with E-state index in [1.54, 1.807) is 0 Å². The lowest BCUT2D eigenvalue weighted by atomic mass is 9.85. The lowest BCUT2D eigenvalue weighted by Gasteiger charge is -2.34. The lowest BCUT2D eigenvalue weighted by Crippen LogP contribution is -2.39. The predicted octanol–water partition coefficient (Wildman–Crippen LogP) is 1.09. The second-order valence-electron chi connectivity index (χ2n) is 3.92. The zero-order chi connectivity index (χ0) is 10.0. The van der Waals surface area contributed by atoms with Crippen LogP contribution in [-0.2, 0) is 19.0 Å². The Hall–Kier alpha value is -0.610. The largest absolute Gasteiger partial charge is 0.469 e. The molecule has 1 heterocycles. The van der Waals surface area contributed by atoms with E-state index in [4.69, 9.17) is 14.2 Å². The Morgan fingerprint density at radius 1 is 1.43 bits per heavy atom. The van der Waals surface area contributed by atoms with E-state index in [1.165, 1.54) is 7.11 Å². The van der Waals surface area contributed by atoms with Crippen LogP contribution in [0, 0.1) is 5.92 Å². The topological polar surface area (TPSA) is 44.8 Å². The first-order valence-corrected chi connectivity index (χ1v) is 5.11. The summed E-state index contributed by atoms with van der Waals surface area (Å²) in [5, 5.41) is 0. The number of hydrogen-bond acceptors (Lipinski definition) is 4. The maximum absolute atomic E-state index is 11.4. The van der Waals surface area contributed by atoms with Gasteiger partial charge in [-0.15, -0.1) is 0 Å². The molecule has 1 aliphatic heterocycles. The summed E-state index contributed by atoms with van der Waals surface area (Å²) in [5.74, 6) is -0.660. The molecule has 4 heteroatoms. The first-order valence-electron chi connectivity index (χ1n) is 5.11. The van der Waals surface area contributed by atoms with Crippen LogP contribution >= 0.6 is 0 Å². The molecule has 1 atom stereocenters. The Balaban J connectivity index is 1.99. The minimum atomic E-state index is -0.475. The summed E-state index contributed by atoms with van der Waals surface area (Å²) >= 11 is 0. The van der Waals surface area contributed by atoms with Crippen LogP contribution in [0.4, 0.5) is 0 Å². The molecule has 0 N–H and O–H groups in total. The highest BCUT2D eigenvalue weighted by molar-refractivity contribution is 5.72. The van der Waals surface area contributed by atoms with Crippen molar-refractivity contribution in [3.8, 4) is 0 Å². The fourth-order valence-electron chi connectivity index (χ4n) is 2.32. The second-order valence-corrected chi connectivity index (χ2v) is 3.92. The number of carbonyl (C=O) groups is 1. The van der Waals surface area contributed by atoms with Crippen molar-refractivity contribution in [1.82, 2.24) is 0 Å². The fraction of sp³-hybridized carbons (Fsp3) is 0.900. The van der Waals surface area contributed by atoms with Crippen molar-refractivity contribution in [3.05, 3.63) is 0 Å². The highest BCUT2D eigenvalue weighted by Crippen LogP contribution is 2.38. The molecule has 0 unspecified atom stereocenters. The molecule has 80 valence electrons. The van der Waals surface area contributed by atoms with Crippen molar-refractivity contribution in [1.29, 1.82) is 0 Å². The van der Waals surface area contributed by atoms with Crippen molar-refractivity contribution in [2.45, 2.75) is 31.5 Å². The molecule has 2 fully saturated rings. The van der Waals surface area contributed by atoms with Crippen molar-refractivity contribution >= 4 is 5.97 Å². The van der Waals surface area contributed by atoms with Gasteiger partial charge in [-0.1, -0.05) is 0 Å². The number of esters is 1. The molecule has 14 heavy (non-hydrogen) atoms. The Morgan fingerprint density at radius 3 is 2.79 bits per heavy atom. The van der Waals surface area contributed by atoms with Gasteiger partial charge in [0, 0.05) is 12.8 Å². The SMILES string of the molecule is COC(=O)[C@@H]1CCCC2(C1)OCCO2. The minimum absolute atomic E-state index is 0.0492. The summed E-state index contributed by atoms with van der Waals surface area (Å²) in [6.07, 6.45) is 3.42. The van der Waals surface area contributed by atoms with Gasteiger partial charge in [0.1, 0.15) is 0 Å². The number of rotatable bonds is 1. The average Bonchev–Trinajstić information content (AvgIpc) is 2.65. The third-order valence-corrected chi connectivity index (χ3v) is 3.02. The third-order valence-electron chi connectivity index (χ3n) is 3.02. The number of carbonyl (C=O) groups excluding carboxylic acids is 1. The Morgan fingerprint density at radius 2 is 2.14 bits per heavy atom. The van der Waals surface area contributed by atoms with Gasteiger partial charge in [-0.2, -0.15) is 0 Å². The molecule has 1 saturated carbocycles. The van der Waals surface area contributed by atoms with Gasteiger partial charge < -0.3 is 14.2 Å². The summed E-state index contributed by atoms with van der Waals surface area (Å²) in [6.45, 7) is 1.29. The highest BCUT2D eigenvalue weighted by atomic mass is 16.7. The van der Waals surface area contributed by atoms with Gasteiger partial charge in [0.05, 0.1) is 26.2 Å². The molecule has 1 aliphatic carbocycles. The molecule has 2 rings (SSSR count). The number of hydrogen-bond donors (Lipinski definition) is 0. The van der Waals surface area contributed by atoms with Crippen molar-refractivity contribution in [3.63, 3.8) is 0 Å². The molecule has 0 aromatic carbocycles. The fourth-order valence-corrected chi connectivity index (χ4v) is 2.32. The van der Waals surface area contributed by atoms with E-state index in [0.717, 1.165) is 19.3 Å². The molecule has 4 nitrogen and oxygen atoms in total. The van der Waals surface area contributed by atoms with Crippen LogP contribution in [0.15, 0.2) is 0 Å². The van der Waals surface area contributed by atoms with Crippen LogP contribution in [0.5, 0.6) is 0 Å². The molecule has 0 radical (unpaired) electrons. The van der Waals surface area contributed by atoms with Crippen LogP contribution in [-0.4, -0.2) is 32.1 Å². The van der Waals surface area contributed by atoms with Gasteiger partial charge in [-0.05, 0) is 12.8 Å². The Labute approximate surface area is 83.5 Å². The standard InChI is InChI=1S/C10H16O4/c1-12-9(11)8-3-2-4-10(7-8)13-5-6-14-10/h8H,2-7H2,1H3/t8-/m1/s1. The Bertz CT molecular complexity index is 220. The average molecular weight is 200 g/mol. The van der Waals surface area contributed by atoms with Gasteiger partial charge in [-0.3, -0.25) is 4.79 Å². The highest BCUT2D eigenvalue weighted by Gasteiger charge is 2.43. The van der Waals surface area contributed by atoms with Crippen molar-refractivity contribution in [2.24, 2.45) is 5.92 Å². The molecule has 2 aliphatic rings. The summed E-state index contributed by atoms with van der Waals surface area (Å²) in [5.41, 5.74) is 0. The van der Waals surface area contributed by atoms with Crippen LogP contribution < -0.4 is 0 Å². The van der Waals surface area contributed by atoms with E-state index >= 15 is 0 Å². The number of ether oxygens (including phenoxy) is 3. The van der Waals surface area contributed by atoms with Gasteiger partial charge >= 0.3 is 5.97 Å². The summed E-state index contributed by atoms with van der Waals surface area (Å²) in [7, 11) is 1.43.